The van der Waals surface area contributed by atoms with E-state index >= 15 is 0 Å². The first-order chi connectivity index (χ1) is 11.4. The Morgan fingerprint density at radius 3 is 2.08 bits per heavy atom. The summed E-state index contributed by atoms with van der Waals surface area (Å²) >= 11 is 0. The van der Waals surface area contributed by atoms with Gasteiger partial charge in [0, 0.05) is 6.42 Å². The van der Waals surface area contributed by atoms with Crippen LogP contribution in [0, 0.1) is 0 Å². The van der Waals surface area contributed by atoms with E-state index in [1.165, 1.54) is 5.19 Å². The molecule has 0 radical (unpaired) electrons. The number of carbonyl (C=O) groups is 1. The van der Waals surface area contributed by atoms with Crippen LogP contribution in [-0.4, -0.2) is 32.2 Å². The van der Waals surface area contributed by atoms with Crippen molar-refractivity contribution < 1.29 is 14.1 Å². The third kappa shape index (κ3) is 4.84. The molecular weight excluding hydrogens is 327 g/mol. The fraction of sp³-hybridized carbons (Fsp3) is 0.650. The molecular formula is C20H33BO3Si. The summed E-state index contributed by atoms with van der Waals surface area (Å²) in [5.41, 5.74) is -0.658. The van der Waals surface area contributed by atoms with E-state index in [0.717, 1.165) is 12.5 Å². The zero-order valence-corrected chi connectivity index (χ0v) is 17.9. The molecule has 1 unspecified atom stereocenters. The Balaban J connectivity index is 2.21. The zero-order chi connectivity index (χ0) is 18.9. The minimum absolute atomic E-state index is 0.236. The van der Waals surface area contributed by atoms with Gasteiger partial charge in [-0.3, -0.25) is 0 Å². The van der Waals surface area contributed by atoms with Gasteiger partial charge in [-0.2, -0.15) is 0 Å². The van der Waals surface area contributed by atoms with Crippen LogP contribution in [0.3, 0.4) is 0 Å². The molecule has 1 heterocycles. The number of rotatable bonds is 7. The summed E-state index contributed by atoms with van der Waals surface area (Å²) in [5, 5.41) is 1.44. The fourth-order valence-corrected chi connectivity index (χ4v) is 6.50. The first kappa shape index (κ1) is 20.4. The summed E-state index contributed by atoms with van der Waals surface area (Å²) in [5.74, 6) is 0.479. The molecule has 1 atom stereocenters. The Labute approximate surface area is 154 Å². The summed E-state index contributed by atoms with van der Waals surface area (Å²) in [4.78, 5) is 11.6. The molecule has 1 aromatic carbocycles. The molecule has 2 rings (SSSR count). The van der Waals surface area contributed by atoms with E-state index in [1.54, 1.807) is 6.92 Å². The molecule has 1 aromatic rings. The smallest absolute Gasteiger partial charge is 0.403 e. The van der Waals surface area contributed by atoms with Crippen LogP contribution in [0.15, 0.2) is 30.3 Å². The highest BCUT2D eigenvalue weighted by Gasteiger charge is 2.54. The van der Waals surface area contributed by atoms with E-state index < -0.39 is 8.07 Å². The van der Waals surface area contributed by atoms with Gasteiger partial charge >= 0.3 is 7.12 Å². The number of hydrogen-bond donors (Lipinski definition) is 0. The molecule has 0 bridgehead atoms. The van der Waals surface area contributed by atoms with Crippen LogP contribution in [0.1, 0.15) is 47.5 Å². The minimum atomic E-state index is -1.65. The van der Waals surface area contributed by atoms with Crippen molar-refractivity contribution in [3.8, 4) is 0 Å². The molecule has 0 aromatic heterocycles. The van der Waals surface area contributed by atoms with Crippen molar-refractivity contribution >= 4 is 26.2 Å². The highest BCUT2D eigenvalue weighted by atomic mass is 28.3. The lowest BCUT2D eigenvalue weighted by Gasteiger charge is -2.32. The van der Waals surface area contributed by atoms with Gasteiger partial charge in [-0.1, -0.05) is 54.7 Å². The maximum Gasteiger partial charge on any atom is 0.460 e. The summed E-state index contributed by atoms with van der Waals surface area (Å²) < 4.78 is 12.7. The standard InChI is InChI=1S/C20H33BO3Si/c1-16(22)13-14-17(21-23-19(2,3)20(4,5)24-21)15-25(6,7)18-11-9-8-10-12-18/h8-12,17H,13-15H2,1-7H3. The minimum Gasteiger partial charge on any atom is -0.403 e. The number of Topliss-reactive ketones (excluding diaryl/α,β-unsaturated/α-hetero) is 1. The van der Waals surface area contributed by atoms with Crippen LogP contribution in [0.5, 0.6) is 0 Å². The van der Waals surface area contributed by atoms with Crippen molar-refractivity contribution in [3.05, 3.63) is 30.3 Å². The monoisotopic (exact) mass is 360 g/mol. The average molecular weight is 360 g/mol. The maximum absolute atomic E-state index is 11.6. The van der Waals surface area contributed by atoms with Gasteiger partial charge in [0.1, 0.15) is 5.78 Å². The Kier molecular flexibility index (Phi) is 6.02. The van der Waals surface area contributed by atoms with Gasteiger partial charge in [-0.05, 0) is 46.9 Å². The lowest BCUT2D eigenvalue weighted by atomic mass is 9.70. The van der Waals surface area contributed by atoms with E-state index in [-0.39, 0.29) is 29.9 Å². The van der Waals surface area contributed by atoms with Gasteiger partial charge in [-0.15, -0.1) is 0 Å². The first-order valence-electron chi connectivity index (χ1n) is 9.35. The van der Waals surface area contributed by atoms with Crippen molar-refractivity contribution in [2.75, 3.05) is 0 Å². The van der Waals surface area contributed by atoms with E-state index in [1.807, 2.05) is 0 Å². The Morgan fingerprint density at radius 2 is 1.60 bits per heavy atom. The molecule has 1 saturated heterocycles. The number of carbonyl (C=O) groups excluding carboxylic acids is 1. The molecule has 1 aliphatic rings. The van der Waals surface area contributed by atoms with Crippen LogP contribution in [-0.2, 0) is 14.1 Å². The molecule has 138 valence electrons. The van der Waals surface area contributed by atoms with Gasteiger partial charge in [-0.25, -0.2) is 0 Å². The highest BCUT2D eigenvalue weighted by Crippen LogP contribution is 2.43. The van der Waals surface area contributed by atoms with Gasteiger partial charge in [0.2, 0.25) is 0 Å². The van der Waals surface area contributed by atoms with Gasteiger partial charge in [0.25, 0.3) is 0 Å². The molecule has 1 fully saturated rings. The van der Waals surface area contributed by atoms with Crippen LogP contribution < -0.4 is 5.19 Å². The second-order valence-electron chi connectivity index (χ2n) is 9.08. The van der Waals surface area contributed by atoms with Crippen LogP contribution in [0.4, 0.5) is 0 Å². The van der Waals surface area contributed by atoms with Crippen LogP contribution >= 0.6 is 0 Å². The Morgan fingerprint density at radius 1 is 1.08 bits per heavy atom. The molecule has 0 amide bonds. The number of ketones is 1. The number of hydrogen-bond acceptors (Lipinski definition) is 3. The fourth-order valence-electron chi connectivity index (χ4n) is 3.47. The van der Waals surface area contributed by atoms with Gasteiger partial charge in [0.15, 0.2) is 0 Å². The van der Waals surface area contributed by atoms with Crippen molar-refractivity contribution in [3.63, 3.8) is 0 Å². The topological polar surface area (TPSA) is 35.5 Å². The molecule has 0 spiro atoms. The highest BCUT2D eigenvalue weighted by molar-refractivity contribution is 6.90. The summed E-state index contributed by atoms with van der Waals surface area (Å²) in [6.45, 7) is 14.8. The summed E-state index contributed by atoms with van der Waals surface area (Å²) in [6.07, 6.45) is 1.42. The first-order valence-corrected chi connectivity index (χ1v) is 12.6. The maximum atomic E-state index is 11.6. The SMILES string of the molecule is CC(=O)CCC(C[Si](C)(C)c1ccccc1)B1OC(C)(C)C(C)(C)O1. The van der Waals surface area contributed by atoms with E-state index in [2.05, 4.69) is 71.1 Å². The predicted octanol–water partition coefficient (Wildman–Crippen LogP) is 4.43. The van der Waals surface area contributed by atoms with Crippen molar-refractivity contribution in [1.82, 2.24) is 0 Å². The largest absolute Gasteiger partial charge is 0.460 e. The van der Waals surface area contributed by atoms with E-state index in [4.69, 9.17) is 9.31 Å². The van der Waals surface area contributed by atoms with Crippen molar-refractivity contribution in [1.29, 1.82) is 0 Å². The lowest BCUT2D eigenvalue weighted by Crippen LogP contribution is -2.44. The lowest BCUT2D eigenvalue weighted by molar-refractivity contribution is -0.117. The third-order valence-electron chi connectivity index (χ3n) is 5.85. The molecule has 3 nitrogen and oxygen atoms in total. The molecule has 0 saturated carbocycles. The normalized spacial score (nSPS) is 20.5. The van der Waals surface area contributed by atoms with Gasteiger partial charge < -0.3 is 14.1 Å². The Bertz CT molecular complexity index is 582. The Hall–Kier alpha value is -0.908. The summed E-state index contributed by atoms with van der Waals surface area (Å²) in [6, 6.07) is 11.8. The summed E-state index contributed by atoms with van der Waals surface area (Å²) in [7, 11) is -1.88. The molecule has 1 aliphatic heterocycles. The molecule has 0 N–H and O–H groups in total. The van der Waals surface area contributed by atoms with Gasteiger partial charge in [0.05, 0.1) is 19.3 Å². The number of benzene rings is 1. The van der Waals surface area contributed by atoms with Crippen LogP contribution in [0.2, 0.25) is 25.0 Å². The molecule has 0 aliphatic carbocycles. The average Bonchev–Trinajstić information content (AvgIpc) is 2.72. The van der Waals surface area contributed by atoms with Crippen LogP contribution in [0.25, 0.3) is 0 Å². The predicted molar refractivity (Wildman–Crippen MR) is 108 cm³/mol. The van der Waals surface area contributed by atoms with E-state index in [9.17, 15) is 4.79 Å². The van der Waals surface area contributed by atoms with E-state index in [0.29, 0.717) is 6.42 Å². The third-order valence-corrected chi connectivity index (χ3v) is 9.29. The quantitative estimate of drug-likeness (QED) is 0.675. The second-order valence-corrected chi connectivity index (χ2v) is 13.8. The van der Waals surface area contributed by atoms with Crippen molar-refractivity contribution in [2.45, 2.75) is 83.6 Å². The zero-order valence-electron chi connectivity index (χ0n) is 16.9. The molecule has 5 heteroatoms. The second kappa shape index (κ2) is 7.37. The van der Waals surface area contributed by atoms with Crippen molar-refractivity contribution in [2.24, 2.45) is 0 Å². The molecule has 25 heavy (non-hydrogen) atoms.